The molecule has 1 aromatic carbocycles. The Morgan fingerprint density at radius 3 is 2.80 bits per heavy atom. The molecule has 0 saturated heterocycles. The Labute approximate surface area is 97.7 Å². The van der Waals surface area contributed by atoms with Gasteiger partial charge in [-0.15, -0.1) is 11.6 Å². The van der Waals surface area contributed by atoms with Crippen LogP contribution in [-0.2, 0) is 12.4 Å². The van der Waals surface area contributed by atoms with Crippen LogP contribution in [0.5, 0.6) is 0 Å². The highest BCUT2D eigenvalue weighted by Crippen LogP contribution is 2.16. The van der Waals surface area contributed by atoms with Crippen LogP contribution in [0.3, 0.4) is 0 Å². The van der Waals surface area contributed by atoms with Crippen molar-refractivity contribution in [2.24, 2.45) is 0 Å². The van der Waals surface area contributed by atoms with Gasteiger partial charge < -0.3 is 0 Å². The van der Waals surface area contributed by atoms with Gasteiger partial charge in [0.25, 0.3) is 0 Å². The fourth-order valence-corrected chi connectivity index (χ4v) is 1.71. The smallest absolute Gasteiger partial charge is 0.142 e. The van der Waals surface area contributed by atoms with Crippen molar-refractivity contribution in [2.75, 3.05) is 0 Å². The summed E-state index contributed by atoms with van der Waals surface area (Å²) in [5.41, 5.74) is 1.01. The van der Waals surface area contributed by atoms with Gasteiger partial charge in [0.2, 0.25) is 0 Å². The predicted molar refractivity (Wildman–Crippen MR) is 60.1 cm³/mol. The molecule has 0 unspecified atom stereocenters. The lowest BCUT2D eigenvalue weighted by Gasteiger charge is -2.05. The van der Waals surface area contributed by atoms with E-state index in [1.165, 1.54) is 6.33 Å². The van der Waals surface area contributed by atoms with Crippen molar-refractivity contribution in [3.8, 4) is 0 Å². The van der Waals surface area contributed by atoms with Crippen LogP contribution in [0, 0.1) is 0 Å². The number of rotatable bonds is 3. The van der Waals surface area contributed by atoms with Gasteiger partial charge in [0.15, 0.2) is 0 Å². The topological polar surface area (TPSA) is 30.7 Å². The third-order valence-corrected chi connectivity index (χ3v) is 2.70. The second-order valence-corrected chi connectivity index (χ2v) is 3.73. The van der Waals surface area contributed by atoms with Crippen LogP contribution in [0.15, 0.2) is 30.6 Å². The molecule has 0 aliphatic heterocycles. The number of halogens is 2. The average molecular weight is 242 g/mol. The lowest BCUT2D eigenvalue weighted by molar-refractivity contribution is 0.656. The quantitative estimate of drug-likeness (QED) is 0.774. The van der Waals surface area contributed by atoms with E-state index in [0.29, 0.717) is 12.4 Å². The van der Waals surface area contributed by atoms with Gasteiger partial charge in [0.05, 0.1) is 12.4 Å². The zero-order valence-corrected chi connectivity index (χ0v) is 9.41. The number of hydrogen-bond donors (Lipinski definition) is 0. The van der Waals surface area contributed by atoms with Gasteiger partial charge in [-0.05, 0) is 11.6 Å². The average Bonchev–Trinajstić information content (AvgIpc) is 2.69. The molecule has 0 fully saturated rings. The number of aromatic nitrogens is 3. The summed E-state index contributed by atoms with van der Waals surface area (Å²) in [7, 11) is 0. The van der Waals surface area contributed by atoms with Crippen molar-refractivity contribution in [3.63, 3.8) is 0 Å². The van der Waals surface area contributed by atoms with Crippen molar-refractivity contribution in [1.29, 1.82) is 0 Å². The molecule has 3 nitrogen and oxygen atoms in total. The van der Waals surface area contributed by atoms with E-state index in [0.717, 1.165) is 16.4 Å². The maximum Gasteiger partial charge on any atom is 0.142 e. The molecule has 0 bridgehead atoms. The molecule has 2 aromatic rings. The number of benzene rings is 1. The highest BCUT2D eigenvalue weighted by atomic mass is 35.5. The molecule has 1 aromatic heterocycles. The molecule has 0 amide bonds. The summed E-state index contributed by atoms with van der Waals surface area (Å²) in [6.45, 7) is 0.599. The molecule has 0 radical (unpaired) electrons. The Balaban J connectivity index is 2.26. The van der Waals surface area contributed by atoms with Gasteiger partial charge in [-0.3, -0.25) is 0 Å². The van der Waals surface area contributed by atoms with Gasteiger partial charge in [0.1, 0.15) is 12.2 Å². The van der Waals surface area contributed by atoms with E-state index in [9.17, 15) is 0 Å². The molecule has 0 atom stereocenters. The van der Waals surface area contributed by atoms with E-state index in [1.54, 1.807) is 4.68 Å². The fraction of sp³-hybridized carbons (Fsp3) is 0.200. The minimum absolute atomic E-state index is 0.352. The molecular weight excluding hydrogens is 233 g/mol. The standard InChI is InChI=1S/C10H9Cl2N3/c11-5-10-13-7-14-15(10)6-8-3-1-2-4-9(8)12/h1-4,7H,5-6H2. The number of nitrogens with zero attached hydrogens (tertiary/aromatic N) is 3. The van der Waals surface area contributed by atoms with E-state index in [1.807, 2.05) is 24.3 Å². The molecule has 0 saturated carbocycles. The summed E-state index contributed by atoms with van der Waals surface area (Å²) < 4.78 is 1.74. The van der Waals surface area contributed by atoms with Gasteiger partial charge in [-0.1, -0.05) is 29.8 Å². The zero-order chi connectivity index (χ0) is 10.7. The maximum atomic E-state index is 6.04. The summed E-state index contributed by atoms with van der Waals surface area (Å²) in [6.07, 6.45) is 1.49. The van der Waals surface area contributed by atoms with Crippen LogP contribution in [0.2, 0.25) is 5.02 Å². The molecule has 2 rings (SSSR count). The maximum absolute atomic E-state index is 6.04. The Morgan fingerprint density at radius 1 is 1.27 bits per heavy atom. The summed E-state index contributed by atoms with van der Waals surface area (Å²) in [5.74, 6) is 1.10. The first-order valence-electron chi connectivity index (χ1n) is 4.47. The molecule has 1 heterocycles. The number of hydrogen-bond acceptors (Lipinski definition) is 2. The van der Waals surface area contributed by atoms with Crippen molar-refractivity contribution in [2.45, 2.75) is 12.4 Å². The Bertz CT molecular complexity index is 453. The first kappa shape index (κ1) is 10.5. The van der Waals surface area contributed by atoms with Gasteiger partial charge in [0, 0.05) is 5.02 Å². The lowest BCUT2D eigenvalue weighted by Crippen LogP contribution is -2.06. The van der Waals surface area contributed by atoms with Crippen molar-refractivity contribution >= 4 is 23.2 Å². The lowest BCUT2D eigenvalue weighted by atomic mass is 10.2. The van der Waals surface area contributed by atoms with E-state index in [-0.39, 0.29) is 0 Å². The third-order valence-electron chi connectivity index (χ3n) is 2.09. The van der Waals surface area contributed by atoms with Gasteiger partial charge >= 0.3 is 0 Å². The monoisotopic (exact) mass is 241 g/mol. The Hall–Kier alpha value is -1.06. The second kappa shape index (κ2) is 4.64. The number of alkyl halides is 1. The Morgan fingerprint density at radius 2 is 2.07 bits per heavy atom. The van der Waals surface area contributed by atoms with E-state index < -0.39 is 0 Å². The minimum atomic E-state index is 0.352. The molecule has 78 valence electrons. The van der Waals surface area contributed by atoms with Gasteiger partial charge in [-0.25, -0.2) is 9.67 Å². The minimum Gasteiger partial charge on any atom is -0.244 e. The molecule has 0 aliphatic rings. The van der Waals surface area contributed by atoms with Crippen LogP contribution in [0.1, 0.15) is 11.4 Å². The van der Waals surface area contributed by atoms with E-state index in [2.05, 4.69) is 10.1 Å². The molecule has 5 heteroatoms. The molecular formula is C10H9Cl2N3. The summed E-state index contributed by atoms with van der Waals surface area (Å²) in [5, 5.41) is 4.82. The summed E-state index contributed by atoms with van der Waals surface area (Å²) in [4.78, 5) is 4.04. The zero-order valence-electron chi connectivity index (χ0n) is 7.90. The molecule has 0 aliphatic carbocycles. The molecule has 15 heavy (non-hydrogen) atoms. The molecule has 0 N–H and O–H groups in total. The second-order valence-electron chi connectivity index (χ2n) is 3.06. The molecule has 0 spiro atoms. The van der Waals surface area contributed by atoms with E-state index >= 15 is 0 Å². The van der Waals surface area contributed by atoms with Crippen LogP contribution in [0.25, 0.3) is 0 Å². The fourth-order valence-electron chi connectivity index (χ4n) is 1.31. The van der Waals surface area contributed by atoms with Crippen LogP contribution in [0.4, 0.5) is 0 Å². The largest absolute Gasteiger partial charge is 0.244 e. The highest BCUT2D eigenvalue weighted by molar-refractivity contribution is 6.31. The normalized spacial score (nSPS) is 10.5. The first-order valence-corrected chi connectivity index (χ1v) is 5.38. The summed E-state index contributed by atoms with van der Waals surface area (Å²) >= 11 is 11.8. The Kier molecular flexibility index (Phi) is 3.23. The van der Waals surface area contributed by atoms with Crippen LogP contribution < -0.4 is 0 Å². The first-order chi connectivity index (χ1) is 7.31. The van der Waals surface area contributed by atoms with Crippen molar-refractivity contribution < 1.29 is 0 Å². The van der Waals surface area contributed by atoms with Crippen molar-refractivity contribution in [1.82, 2.24) is 14.8 Å². The predicted octanol–water partition coefficient (Wildman–Crippen LogP) is 2.72. The van der Waals surface area contributed by atoms with Crippen LogP contribution >= 0.6 is 23.2 Å². The third kappa shape index (κ3) is 2.30. The highest BCUT2D eigenvalue weighted by Gasteiger charge is 2.05. The van der Waals surface area contributed by atoms with Gasteiger partial charge in [-0.2, -0.15) is 5.10 Å². The van der Waals surface area contributed by atoms with Crippen LogP contribution in [-0.4, -0.2) is 14.8 Å². The summed E-state index contributed by atoms with van der Waals surface area (Å²) in [6, 6.07) is 7.66. The SMILES string of the molecule is ClCc1ncnn1Cc1ccccc1Cl. The van der Waals surface area contributed by atoms with Crippen molar-refractivity contribution in [3.05, 3.63) is 47.0 Å². The van der Waals surface area contributed by atoms with E-state index in [4.69, 9.17) is 23.2 Å².